The van der Waals surface area contributed by atoms with E-state index in [9.17, 15) is 0 Å². The molecule has 0 atom stereocenters. The molecule has 1 aromatic carbocycles. The van der Waals surface area contributed by atoms with Crippen molar-refractivity contribution in [3.8, 4) is 11.5 Å². The summed E-state index contributed by atoms with van der Waals surface area (Å²) in [5.74, 6) is 1.15. The largest absolute Gasteiger partial charge is 0.454 e. The summed E-state index contributed by atoms with van der Waals surface area (Å²) in [5, 5.41) is 0.470. The summed E-state index contributed by atoms with van der Waals surface area (Å²) in [6.45, 7) is 0.190. The molecule has 1 aliphatic heterocycles. The Labute approximate surface area is 85.4 Å². The minimum Gasteiger partial charge on any atom is -0.454 e. The molecular formula is C8H6ClNO2S. The highest BCUT2D eigenvalue weighted by atomic mass is 35.5. The summed E-state index contributed by atoms with van der Waals surface area (Å²) < 4.78 is 10.3. The number of rotatable bonds is 1. The molecule has 0 radical (unpaired) electrons. The normalized spacial score (nSPS) is 13.0. The van der Waals surface area contributed by atoms with Gasteiger partial charge < -0.3 is 15.2 Å². The molecule has 2 N–H and O–H groups in total. The Hall–Kier alpha value is -1.00. The average molecular weight is 216 g/mol. The van der Waals surface area contributed by atoms with Crippen molar-refractivity contribution in [1.29, 1.82) is 0 Å². The van der Waals surface area contributed by atoms with E-state index in [1.54, 1.807) is 12.1 Å². The number of ether oxygens (including phenoxy) is 2. The van der Waals surface area contributed by atoms with Crippen LogP contribution in [0, 0.1) is 0 Å². The van der Waals surface area contributed by atoms with E-state index in [0.717, 1.165) is 0 Å². The van der Waals surface area contributed by atoms with Gasteiger partial charge in [0, 0.05) is 5.56 Å². The van der Waals surface area contributed by atoms with E-state index < -0.39 is 0 Å². The SMILES string of the molecule is NC(=S)c1cc(Cl)c2c(c1)OCO2. The first-order valence-corrected chi connectivity index (χ1v) is 4.36. The van der Waals surface area contributed by atoms with Gasteiger partial charge in [0.15, 0.2) is 11.5 Å². The summed E-state index contributed by atoms with van der Waals surface area (Å²) in [6.07, 6.45) is 0. The third-order valence-electron chi connectivity index (χ3n) is 1.71. The average Bonchev–Trinajstić information content (AvgIpc) is 2.51. The third kappa shape index (κ3) is 1.43. The van der Waals surface area contributed by atoms with E-state index in [-0.39, 0.29) is 6.79 Å². The summed E-state index contributed by atoms with van der Waals surface area (Å²) in [6, 6.07) is 3.38. The lowest BCUT2D eigenvalue weighted by Crippen LogP contribution is -2.08. The molecule has 0 unspecified atom stereocenters. The maximum Gasteiger partial charge on any atom is 0.231 e. The van der Waals surface area contributed by atoms with Crippen molar-refractivity contribution in [2.75, 3.05) is 6.79 Å². The van der Waals surface area contributed by atoms with Crippen LogP contribution in [-0.2, 0) is 0 Å². The number of thiocarbonyl (C=S) groups is 1. The quantitative estimate of drug-likeness (QED) is 0.725. The maximum absolute atomic E-state index is 5.90. The van der Waals surface area contributed by atoms with Crippen LogP contribution in [-0.4, -0.2) is 11.8 Å². The molecule has 0 saturated heterocycles. The van der Waals surface area contributed by atoms with Crippen molar-refractivity contribution in [2.24, 2.45) is 5.73 Å². The third-order valence-corrected chi connectivity index (χ3v) is 2.23. The van der Waals surface area contributed by atoms with Crippen LogP contribution in [0.15, 0.2) is 12.1 Å². The highest BCUT2D eigenvalue weighted by Crippen LogP contribution is 2.39. The van der Waals surface area contributed by atoms with Gasteiger partial charge in [0.05, 0.1) is 5.02 Å². The summed E-state index contributed by atoms with van der Waals surface area (Å²) in [7, 11) is 0. The van der Waals surface area contributed by atoms with Gasteiger partial charge >= 0.3 is 0 Å². The van der Waals surface area contributed by atoms with Gasteiger partial charge in [0.1, 0.15) is 4.99 Å². The zero-order valence-electron chi connectivity index (χ0n) is 6.54. The molecule has 1 aromatic rings. The summed E-state index contributed by atoms with van der Waals surface area (Å²) in [5.41, 5.74) is 6.14. The van der Waals surface area contributed by atoms with Crippen molar-refractivity contribution in [3.63, 3.8) is 0 Å². The first-order chi connectivity index (χ1) is 6.18. The van der Waals surface area contributed by atoms with Crippen LogP contribution in [0.25, 0.3) is 0 Å². The van der Waals surface area contributed by atoms with Gasteiger partial charge in [0.2, 0.25) is 6.79 Å². The van der Waals surface area contributed by atoms with E-state index in [4.69, 9.17) is 39.0 Å². The van der Waals surface area contributed by atoms with E-state index in [0.29, 0.717) is 27.1 Å². The zero-order chi connectivity index (χ0) is 9.42. The van der Waals surface area contributed by atoms with Crippen molar-refractivity contribution in [1.82, 2.24) is 0 Å². The lowest BCUT2D eigenvalue weighted by atomic mass is 10.2. The standard InChI is InChI=1S/C8H6ClNO2S/c9-5-1-4(8(10)13)2-6-7(5)12-3-11-6/h1-2H,3H2,(H2,10,13). The van der Waals surface area contributed by atoms with Crippen LogP contribution in [0.1, 0.15) is 5.56 Å². The second-order valence-corrected chi connectivity index (χ2v) is 3.40. The smallest absolute Gasteiger partial charge is 0.231 e. The minimum atomic E-state index is 0.190. The van der Waals surface area contributed by atoms with Crippen molar-refractivity contribution in [3.05, 3.63) is 22.7 Å². The number of hydrogen-bond donors (Lipinski definition) is 1. The highest BCUT2D eigenvalue weighted by molar-refractivity contribution is 7.80. The van der Waals surface area contributed by atoms with Gasteiger partial charge in [-0.05, 0) is 12.1 Å². The van der Waals surface area contributed by atoms with Gasteiger partial charge in [-0.1, -0.05) is 23.8 Å². The van der Waals surface area contributed by atoms with E-state index >= 15 is 0 Å². The van der Waals surface area contributed by atoms with Gasteiger partial charge in [-0.15, -0.1) is 0 Å². The fourth-order valence-electron chi connectivity index (χ4n) is 1.11. The number of nitrogens with two attached hydrogens (primary N) is 1. The van der Waals surface area contributed by atoms with Crippen LogP contribution in [0.4, 0.5) is 0 Å². The molecule has 0 aliphatic carbocycles. The van der Waals surface area contributed by atoms with Crippen molar-refractivity contribution in [2.45, 2.75) is 0 Å². The lowest BCUT2D eigenvalue weighted by Gasteiger charge is -2.02. The maximum atomic E-state index is 5.90. The van der Waals surface area contributed by atoms with E-state index in [1.807, 2.05) is 0 Å². The molecule has 0 aromatic heterocycles. The minimum absolute atomic E-state index is 0.190. The van der Waals surface area contributed by atoms with Crippen LogP contribution in [0.3, 0.4) is 0 Å². The molecule has 0 spiro atoms. The van der Waals surface area contributed by atoms with Crippen LogP contribution in [0.2, 0.25) is 5.02 Å². The number of halogens is 1. The predicted octanol–water partition coefficient (Wildman–Crippen LogP) is 1.70. The second kappa shape index (κ2) is 3.05. The number of hydrogen-bond acceptors (Lipinski definition) is 3. The van der Waals surface area contributed by atoms with Crippen LogP contribution >= 0.6 is 23.8 Å². The topological polar surface area (TPSA) is 44.5 Å². The number of benzene rings is 1. The molecular weight excluding hydrogens is 210 g/mol. The van der Waals surface area contributed by atoms with Crippen molar-refractivity contribution >= 4 is 28.8 Å². The summed E-state index contributed by atoms with van der Waals surface area (Å²) in [4.78, 5) is 0.292. The van der Waals surface area contributed by atoms with E-state index in [2.05, 4.69) is 0 Å². The Bertz CT molecular complexity index is 381. The lowest BCUT2D eigenvalue weighted by molar-refractivity contribution is 0.174. The molecule has 0 bridgehead atoms. The monoisotopic (exact) mass is 215 g/mol. The summed E-state index contributed by atoms with van der Waals surface area (Å²) >= 11 is 10.7. The van der Waals surface area contributed by atoms with Crippen molar-refractivity contribution < 1.29 is 9.47 Å². The zero-order valence-corrected chi connectivity index (χ0v) is 8.11. The molecule has 5 heteroatoms. The molecule has 1 aliphatic rings. The molecule has 1 heterocycles. The number of fused-ring (bicyclic) bond motifs is 1. The van der Waals surface area contributed by atoms with Gasteiger partial charge in [-0.25, -0.2) is 0 Å². The van der Waals surface area contributed by atoms with Gasteiger partial charge in [0.25, 0.3) is 0 Å². The first kappa shape index (κ1) is 8.59. The Morgan fingerprint density at radius 1 is 1.46 bits per heavy atom. The Balaban J connectivity index is 2.55. The Kier molecular flexibility index (Phi) is 2.01. The van der Waals surface area contributed by atoms with Gasteiger partial charge in [-0.2, -0.15) is 0 Å². The predicted molar refractivity (Wildman–Crippen MR) is 53.5 cm³/mol. The van der Waals surface area contributed by atoms with Gasteiger partial charge in [-0.3, -0.25) is 0 Å². The molecule has 0 amide bonds. The molecule has 3 nitrogen and oxygen atoms in total. The van der Waals surface area contributed by atoms with Crippen LogP contribution < -0.4 is 15.2 Å². The molecule has 68 valence electrons. The molecule has 0 fully saturated rings. The molecule has 13 heavy (non-hydrogen) atoms. The molecule has 0 saturated carbocycles. The molecule has 2 rings (SSSR count). The first-order valence-electron chi connectivity index (χ1n) is 3.57. The fraction of sp³-hybridized carbons (Fsp3) is 0.125. The Morgan fingerprint density at radius 2 is 2.23 bits per heavy atom. The second-order valence-electron chi connectivity index (χ2n) is 2.56. The fourth-order valence-corrected chi connectivity index (χ4v) is 1.49. The van der Waals surface area contributed by atoms with E-state index in [1.165, 1.54) is 0 Å². The highest BCUT2D eigenvalue weighted by Gasteiger charge is 2.18. The van der Waals surface area contributed by atoms with Crippen LogP contribution in [0.5, 0.6) is 11.5 Å². The Morgan fingerprint density at radius 3 is 2.92 bits per heavy atom.